The van der Waals surface area contributed by atoms with Crippen LogP contribution in [0.25, 0.3) is 0 Å². The highest BCUT2D eigenvalue weighted by atomic mass is 31.1. The summed E-state index contributed by atoms with van der Waals surface area (Å²) in [5, 5.41) is 41.6. The summed E-state index contributed by atoms with van der Waals surface area (Å²) in [5.74, 6) is 0. The van der Waals surface area contributed by atoms with Crippen molar-refractivity contribution in [2.24, 2.45) is 0 Å². The van der Waals surface area contributed by atoms with Gasteiger partial charge in [-0.2, -0.15) is 0 Å². The van der Waals surface area contributed by atoms with Crippen molar-refractivity contribution in [3.63, 3.8) is 0 Å². The monoisotopic (exact) mass is 384 g/mol. The van der Waals surface area contributed by atoms with Crippen LogP contribution in [0.5, 0.6) is 0 Å². The summed E-state index contributed by atoms with van der Waals surface area (Å²) in [6, 6.07) is 10.1. The molecule has 0 heterocycles. The first-order chi connectivity index (χ1) is 12.3. The Labute approximate surface area is 146 Å². The van der Waals surface area contributed by atoms with Gasteiger partial charge in [0.2, 0.25) is 0 Å². The Hall–Kier alpha value is -2.69. The van der Waals surface area contributed by atoms with Crippen molar-refractivity contribution in [2.75, 3.05) is 0 Å². The van der Waals surface area contributed by atoms with Crippen LogP contribution in [-0.2, 0) is 13.6 Å². The molecule has 0 fully saturated rings. The maximum absolute atomic E-state index is 11.9. The summed E-state index contributed by atoms with van der Waals surface area (Å²) in [7, 11) is -3.56. The van der Waals surface area contributed by atoms with Crippen molar-refractivity contribution in [1.29, 1.82) is 0 Å². The predicted molar refractivity (Wildman–Crippen MR) is 87.3 cm³/mol. The second-order valence-corrected chi connectivity index (χ2v) is 5.79. The quantitative estimate of drug-likeness (QED) is 0.301. The van der Waals surface area contributed by atoms with Crippen LogP contribution < -0.4 is 0 Å². The van der Waals surface area contributed by atoms with E-state index in [-0.39, 0.29) is 11.1 Å². The molecule has 2 aromatic carbocycles. The van der Waals surface area contributed by atoms with Gasteiger partial charge < -0.3 is 10.2 Å². The highest BCUT2D eigenvalue weighted by molar-refractivity contribution is 7.33. The Morgan fingerprint density at radius 1 is 0.808 bits per heavy atom. The van der Waals surface area contributed by atoms with Crippen LogP contribution in [0.15, 0.2) is 48.5 Å². The van der Waals surface area contributed by atoms with E-state index in [2.05, 4.69) is 9.05 Å². The first kappa shape index (κ1) is 19.6. The largest absolute Gasteiger partial charge is 0.364 e. The van der Waals surface area contributed by atoms with Gasteiger partial charge in [0.1, 0.15) is 0 Å². The van der Waals surface area contributed by atoms with Gasteiger partial charge in [0.25, 0.3) is 11.4 Å². The number of hydrogen-bond acceptors (Lipinski definition) is 9. The molecule has 0 aliphatic carbocycles. The average Bonchev–Trinajstić information content (AvgIpc) is 2.61. The summed E-state index contributed by atoms with van der Waals surface area (Å²) in [5.41, 5.74) is -1.46. The van der Waals surface area contributed by atoms with E-state index in [0.29, 0.717) is 0 Å². The molecule has 0 aromatic heterocycles. The molecule has 0 aliphatic heterocycles. The number of aliphatic hydroxyl groups is 2. The number of aliphatic hydroxyl groups excluding tert-OH is 2. The number of nitrogens with zero attached hydrogens (tertiary/aromatic N) is 2. The van der Waals surface area contributed by atoms with E-state index in [1.807, 2.05) is 0 Å². The summed E-state index contributed by atoms with van der Waals surface area (Å²) in [6.07, 6.45) is -3.91. The zero-order chi connectivity index (χ0) is 19.3. The Morgan fingerprint density at radius 2 is 1.15 bits per heavy atom. The third kappa shape index (κ3) is 4.69. The van der Waals surface area contributed by atoms with E-state index in [9.17, 15) is 35.0 Å². The van der Waals surface area contributed by atoms with Crippen LogP contribution in [0.1, 0.15) is 23.7 Å². The van der Waals surface area contributed by atoms with Crippen molar-refractivity contribution < 1.29 is 33.7 Å². The third-order valence-corrected chi connectivity index (χ3v) is 4.05. The minimum Gasteiger partial charge on any atom is -0.364 e. The maximum Gasteiger partial charge on any atom is 0.324 e. The maximum atomic E-state index is 11.9. The average molecular weight is 384 g/mol. The molecule has 0 spiro atoms. The Balaban J connectivity index is 2.10. The molecular weight excluding hydrogens is 371 g/mol. The van der Waals surface area contributed by atoms with Crippen molar-refractivity contribution >= 4 is 19.6 Å². The van der Waals surface area contributed by atoms with E-state index < -0.39 is 42.1 Å². The van der Waals surface area contributed by atoms with Gasteiger partial charge in [-0.1, -0.05) is 24.3 Å². The van der Waals surface area contributed by atoms with Gasteiger partial charge in [-0.05, 0) is 12.1 Å². The molecule has 2 aromatic rings. The number of nitro benzene ring substituents is 2. The van der Waals surface area contributed by atoms with Crippen LogP contribution in [-0.4, -0.2) is 20.1 Å². The number of hydrogen-bond donors (Lipinski definition) is 2. The zero-order valence-corrected chi connectivity index (χ0v) is 13.9. The van der Waals surface area contributed by atoms with E-state index in [4.69, 9.17) is 0 Å². The number of nitro groups is 2. The van der Waals surface area contributed by atoms with Crippen LogP contribution in [0.2, 0.25) is 0 Å². The van der Waals surface area contributed by atoms with Gasteiger partial charge in [-0.25, -0.2) is 0 Å². The number of para-hydroxylation sites is 2. The van der Waals surface area contributed by atoms with E-state index >= 15 is 0 Å². The fraction of sp³-hybridized carbons (Fsp3) is 0.143. The topological polar surface area (TPSA) is 162 Å². The smallest absolute Gasteiger partial charge is 0.324 e. The molecule has 0 aliphatic rings. The van der Waals surface area contributed by atoms with Crippen molar-refractivity contribution in [3.8, 4) is 0 Å². The summed E-state index contributed by atoms with van der Waals surface area (Å²) in [4.78, 5) is 20.3. The molecule has 12 heteroatoms. The van der Waals surface area contributed by atoms with Gasteiger partial charge in [0.05, 0.1) is 21.0 Å². The molecule has 0 radical (unpaired) electrons. The lowest BCUT2D eigenvalue weighted by Crippen LogP contribution is -2.06. The van der Waals surface area contributed by atoms with Crippen LogP contribution in [0.3, 0.4) is 0 Å². The van der Waals surface area contributed by atoms with Gasteiger partial charge in [-0.3, -0.25) is 33.8 Å². The lowest BCUT2D eigenvalue weighted by molar-refractivity contribution is -0.386. The van der Waals surface area contributed by atoms with Crippen LogP contribution in [0.4, 0.5) is 11.4 Å². The minimum atomic E-state index is -3.56. The summed E-state index contributed by atoms with van der Waals surface area (Å²) < 4.78 is 21.2. The van der Waals surface area contributed by atoms with Gasteiger partial charge in [0.15, 0.2) is 12.6 Å². The van der Waals surface area contributed by atoms with Gasteiger partial charge in [0, 0.05) is 12.1 Å². The molecule has 0 saturated heterocycles. The first-order valence-corrected chi connectivity index (χ1v) is 8.23. The lowest BCUT2D eigenvalue weighted by atomic mass is 10.2. The third-order valence-electron chi connectivity index (χ3n) is 3.21. The Bertz CT molecular complexity index is 777. The van der Waals surface area contributed by atoms with Crippen molar-refractivity contribution in [1.82, 2.24) is 0 Å². The molecular formula is C14H13N2O9P. The van der Waals surface area contributed by atoms with Crippen LogP contribution in [0, 0.1) is 20.2 Å². The van der Waals surface area contributed by atoms with Crippen molar-refractivity contribution in [3.05, 3.63) is 79.9 Å². The molecule has 2 N–H and O–H groups in total. The van der Waals surface area contributed by atoms with Gasteiger partial charge in [-0.15, -0.1) is 0 Å². The standard InChI is InChI=1S/C14H13N2O9P/c17-13(9-5-1-3-7-11(9)15(19)20)24-26(23)25-14(18)10-6-2-4-8-12(10)16(21)22/h1-8,13-14,17-18,26H. The van der Waals surface area contributed by atoms with Crippen molar-refractivity contribution in [2.45, 2.75) is 12.6 Å². The molecule has 2 rings (SSSR count). The first-order valence-electron chi connectivity index (χ1n) is 7.01. The van der Waals surface area contributed by atoms with Crippen LogP contribution >= 0.6 is 8.25 Å². The highest BCUT2D eigenvalue weighted by Crippen LogP contribution is 2.39. The molecule has 2 atom stereocenters. The Morgan fingerprint density at radius 3 is 1.50 bits per heavy atom. The second-order valence-electron chi connectivity index (χ2n) is 4.82. The molecule has 138 valence electrons. The SMILES string of the molecule is O=[N+]([O-])c1ccccc1C(O)O[PH](=O)OC(O)c1ccccc1[N+](=O)[O-]. The Kier molecular flexibility index (Phi) is 6.50. The van der Waals surface area contributed by atoms with E-state index in [0.717, 1.165) is 12.1 Å². The molecule has 0 bridgehead atoms. The molecule has 26 heavy (non-hydrogen) atoms. The number of rotatable bonds is 8. The normalized spacial score (nSPS) is 14.4. The predicted octanol–water partition coefficient (Wildman–Crippen LogP) is 2.61. The van der Waals surface area contributed by atoms with E-state index in [1.54, 1.807) is 0 Å². The second kappa shape index (κ2) is 8.61. The molecule has 11 nitrogen and oxygen atoms in total. The summed E-state index contributed by atoms with van der Waals surface area (Å²) in [6.45, 7) is 0. The molecule has 0 amide bonds. The highest BCUT2D eigenvalue weighted by Gasteiger charge is 2.26. The molecule has 2 unspecified atom stereocenters. The fourth-order valence-corrected chi connectivity index (χ4v) is 2.74. The van der Waals surface area contributed by atoms with Gasteiger partial charge >= 0.3 is 8.25 Å². The molecule has 0 saturated carbocycles. The van der Waals surface area contributed by atoms with E-state index in [1.165, 1.54) is 36.4 Å². The zero-order valence-electron chi connectivity index (χ0n) is 12.9. The summed E-state index contributed by atoms with van der Waals surface area (Å²) >= 11 is 0. The number of benzene rings is 2. The lowest BCUT2D eigenvalue weighted by Gasteiger charge is -2.15. The minimum absolute atomic E-state index is 0.264. The fourth-order valence-electron chi connectivity index (χ4n) is 2.06.